The maximum atomic E-state index is 11.9. The quantitative estimate of drug-likeness (QED) is 0.798. The zero-order chi connectivity index (χ0) is 15.8. The Labute approximate surface area is 135 Å². The van der Waals surface area contributed by atoms with Crippen LogP contribution in [0, 0.1) is 0 Å². The molecule has 0 unspecified atom stereocenters. The summed E-state index contributed by atoms with van der Waals surface area (Å²) in [5.74, 6) is 1.38. The predicted octanol–water partition coefficient (Wildman–Crippen LogP) is 3.09. The summed E-state index contributed by atoms with van der Waals surface area (Å²) in [5, 5.41) is 3.48. The van der Waals surface area contributed by atoms with E-state index in [1.807, 2.05) is 24.3 Å². The summed E-state index contributed by atoms with van der Waals surface area (Å²) in [5.41, 5.74) is 0.862. The van der Waals surface area contributed by atoms with Crippen molar-refractivity contribution in [3.63, 3.8) is 0 Å². The smallest absolute Gasteiger partial charge is 0.224 e. The van der Waals surface area contributed by atoms with Crippen molar-refractivity contribution in [2.75, 3.05) is 20.3 Å². The summed E-state index contributed by atoms with van der Waals surface area (Å²) in [4.78, 5) is 11.9. The first-order chi connectivity index (χ1) is 10.7. The van der Waals surface area contributed by atoms with Gasteiger partial charge in [0.2, 0.25) is 5.91 Å². The Kier molecular flexibility index (Phi) is 6.10. The van der Waals surface area contributed by atoms with E-state index in [2.05, 4.69) is 5.32 Å². The predicted molar refractivity (Wildman–Crippen MR) is 86.7 cm³/mol. The third-order valence-corrected chi connectivity index (χ3v) is 3.30. The molecule has 0 saturated heterocycles. The average Bonchev–Trinajstić information content (AvgIpc) is 2.54. The molecule has 2 aromatic carbocycles. The third-order valence-electron chi connectivity index (χ3n) is 3.05. The minimum absolute atomic E-state index is 0.0655. The normalized spacial score (nSPS) is 10.1. The Balaban J connectivity index is 1.72. The lowest BCUT2D eigenvalue weighted by Gasteiger charge is -2.10. The van der Waals surface area contributed by atoms with Crippen molar-refractivity contribution in [2.24, 2.45) is 0 Å². The van der Waals surface area contributed by atoms with Crippen LogP contribution in [0.4, 0.5) is 0 Å². The highest BCUT2D eigenvalue weighted by Gasteiger charge is 2.07. The van der Waals surface area contributed by atoms with E-state index in [1.165, 1.54) is 0 Å². The number of rotatable bonds is 7. The topological polar surface area (TPSA) is 47.6 Å². The molecule has 2 rings (SSSR count). The number of amides is 1. The molecule has 0 fully saturated rings. The van der Waals surface area contributed by atoms with Crippen molar-refractivity contribution < 1.29 is 14.3 Å². The van der Waals surface area contributed by atoms with Crippen LogP contribution in [-0.2, 0) is 11.2 Å². The fraction of sp³-hybridized carbons (Fsp3) is 0.235. The van der Waals surface area contributed by atoms with Crippen molar-refractivity contribution in [2.45, 2.75) is 6.42 Å². The highest BCUT2D eigenvalue weighted by molar-refractivity contribution is 6.30. The SMILES string of the molecule is COc1ccccc1CC(=O)NCCOc1ccc(Cl)cc1. The largest absolute Gasteiger partial charge is 0.496 e. The average molecular weight is 320 g/mol. The molecule has 0 radical (unpaired) electrons. The summed E-state index contributed by atoms with van der Waals surface area (Å²) in [6, 6.07) is 14.6. The van der Waals surface area contributed by atoms with Crippen molar-refractivity contribution in [1.29, 1.82) is 0 Å². The van der Waals surface area contributed by atoms with Gasteiger partial charge in [0.15, 0.2) is 0 Å². The molecule has 1 amide bonds. The molecule has 22 heavy (non-hydrogen) atoms. The molecule has 1 N–H and O–H groups in total. The van der Waals surface area contributed by atoms with Gasteiger partial charge in [-0.1, -0.05) is 29.8 Å². The van der Waals surface area contributed by atoms with Gasteiger partial charge in [0.1, 0.15) is 18.1 Å². The van der Waals surface area contributed by atoms with Gasteiger partial charge in [-0.25, -0.2) is 0 Å². The van der Waals surface area contributed by atoms with Crippen LogP contribution in [0.15, 0.2) is 48.5 Å². The minimum Gasteiger partial charge on any atom is -0.496 e. The molecule has 0 aliphatic carbocycles. The van der Waals surface area contributed by atoms with E-state index in [4.69, 9.17) is 21.1 Å². The summed E-state index contributed by atoms with van der Waals surface area (Å²) in [6.45, 7) is 0.843. The zero-order valence-corrected chi connectivity index (χ0v) is 13.1. The van der Waals surface area contributed by atoms with Gasteiger partial charge in [-0.2, -0.15) is 0 Å². The number of ether oxygens (including phenoxy) is 2. The van der Waals surface area contributed by atoms with Crippen LogP contribution in [0.1, 0.15) is 5.56 Å². The molecule has 4 nitrogen and oxygen atoms in total. The van der Waals surface area contributed by atoms with E-state index in [9.17, 15) is 4.79 Å². The number of benzene rings is 2. The number of methoxy groups -OCH3 is 1. The van der Waals surface area contributed by atoms with Gasteiger partial charge < -0.3 is 14.8 Å². The van der Waals surface area contributed by atoms with Crippen molar-refractivity contribution in [3.05, 3.63) is 59.1 Å². The Hall–Kier alpha value is -2.20. The first kappa shape index (κ1) is 16.2. The Morgan fingerprint density at radius 3 is 2.59 bits per heavy atom. The fourth-order valence-corrected chi connectivity index (χ4v) is 2.10. The second-order valence-corrected chi connectivity index (χ2v) is 5.08. The van der Waals surface area contributed by atoms with Gasteiger partial charge in [-0.3, -0.25) is 4.79 Å². The van der Waals surface area contributed by atoms with Gasteiger partial charge in [0.25, 0.3) is 0 Å². The summed E-state index contributed by atoms with van der Waals surface area (Å²) >= 11 is 5.79. The van der Waals surface area contributed by atoms with Crippen molar-refractivity contribution >= 4 is 17.5 Å². The summed E-state index contributed by atoms with van der Waals surface area (Å²) in [6.07, 6.45) is 0.283. The number of halogens is 1. The number of carbonyl (C=O) groups is 1. The fourth-order valence-electron chi connectivity index (χ4n) is 1.97. The Bertz CT molecular complexity index is 614. The maximum absolute atomic E-state index is 11.9. The molecule has 2 aromatic rings. The van der Waals surface area contributed by atoms with Gasteiger partial charge in [0, 0.05) is 10.6 Å². The zero-order valence-electron chi connectivity index (χ0n) is 12.3. The van der Waals surface area contributed by atoms with Crippen LogP contribution in [0.2, 0.25) is 5.02 Å². The van der Waals surface area contributed by atoms with E-state index >= 15 is 0 Å². The van der Waals surface area contributed by atoms with Crippen LogP contribution in [0.25, 0.3) is 0 Å². The third kappa shape index (κ3) is 4.97. The minimum atomic E-state index is -0.0655. The second-order valence-electron chi connectivity index (χ2n) is 4.64. The molecule has 5 heteroatoms. The van der Waals surface area contributed by atoms with Gasteiger partial charge in [-0.15, -0.1) is 0 Å². The maximum Gasteiger partial charge on any atom is 0.224 e. The molecular weight excluding hydrogens is 302 g/mol. The number of carbonyl (C=O) groups excluding carboxylic acids is 1. The molecular formula is C17H18ClNO3. The van der Waals surface area contributed by atoms with Crippen LogP contribution in [0.5, 0.6) is 11.5 Å². The van der Waals surface area contributed by atoms with E-state index in [0.29, 0.717) is 18.2 Å². The molecule has 0 bridgehead atoms. The van der Waals surface area contributed by atoms with E-state index in [1.54, 1.807) is 31.4 Å². The lowest BCUT2D eigenvalue weighted by molar-refractivity contribution is -0.120. The van der Waals surface area contributed by atoms with E-state index < -0.39 is 0 Å². The first-order valence-corrected chi connectivity index (χ1v) is 7.34. The van der Waals surface area contributed by atoms with Crippen molar-refractivity contribution in [3.8, 4) is 11.5 Å². The monoisotopic (exact) mass is 319 g/mol. The van der Waals surface area contributed by atoms with Gasteiger partial charge in [-0.05, 0) is 30.3 Å². The molecule has 0 aliphatic heterocycles. The van der Waals surface area contributed by atoms with E-state index in [0.717, 1.165) is 17.1 Å². The summed E-state index contributed by atoms with van der Waals surface area (Å²) < 4.78 is 10.7. The van der Waals surface area contributed by atoms with Gasteiger partial charge >= 0.3 is 0 Å². The van der Waals surface area contributed by atoms with Crippen LogP contribution in [-0.4, -0.2) is 26.2 Å². The Morgan fingerprint density at radius 1 is 1.14 bits per heavy atom. The highest BCUT2D eigenvalue weighted by Crippen LogP contribution is 2.17. The second kappa shape index (κ2) is 8.29. The summed E-state index contributed by atoms with van der Waals surface area (Å²) in [7, 11) is 1.59. The van der Waals surface area contributed by atoms with Crippen LogP contribution >= 0.6 is 11.6 Å². The van der Waals surface area contributed by atoms with E-state index in [-0.39, 0.29) is 12.3 Å². The molecule has 0 saturated carbocycles. The lowest BCUT2D eigenvalue weighted by atomic mass is 10.1. The van der Waals surface area contributed by atoms with Crippen molar-refractivity contribution in [1.82, 2.24) is 5.32 Å². The van der Waals surface area contributed by atoms with Crippen LogP contribution < -0.4 is 14.8 Å². The lowest BCUT2D eigenvalue weighted by Crippen LogP contribution is -2.29. The molecule has 0 heterocycles. The molecule has 0 aliphatic rings. The molecule has 116 valence electrons. The highest BCUT2D eigenvalue weighted by atomic mass is 35.5. The number of hydrogen-bond donors (Lipinski definition) is 1. The molecule has 0 atom stereocenters. The molecule has 0 spiro atoms. The van der Waals surface area contributed by atoms with Crippen LogP contribution in [0.3, 0.4) is 0 Å². The number of nitrogens with one attached hydrogen (secondary N) is 1. The Morgan fingerprint density at radius 2 is 1.86 bits per heavy atom. The van der Waals surface area contributed by atoms with Gasteiger partial charge in [0.05, 0.1) is 20.1 Å². The first-order valence-electron chi connectivity index (χ1n) is 6.96. The molecule has 0 aromatic heterocycles. The standard InChI is InChI=1S/C17H18ClNO3/c1-21-16-5-3-2-4-13(16)12-17(20)19-10-11-22-15-8-6-14(18)7-9-15/h2-9H,10-12H2,1H3,(H,19,20). The number of hydrogen-bond acceptors (Lipinski definition) is 3. The number of para-hydroxylation sites is 1.